The van der Waals surface area contributed by atoms with Gasteiger partial charge in [-0.2, -0.15) is 0 Å². The topological polar surface area (TPSA) is 67.9 Å². The molecule has 1 fully saturated rings. The van der Waals surface area contributed by atoms with Gasteiger partial charge in [-0.05, 0) is 24.3 Å². The van der Waals surface area contributed by atoms with Gasteiger partial charge in [0.05, 0.1) is 19.8 Å². The number of ether oxygens (including phenoxy) is 2. The fourth-order valence-corrected chi connectivity index (χ4v) is 2.95. The lowest BCUT2D eigenvalue weighted by molar-refractivity contribution is -0.116. The SMILES string of the molecule is O=C(Nc1ccc(C(=O)N2CCOCC2)cc1)C1=CSCCO1. The van der Waals surface area contributed by atoms with E-state index in [2.05, 4.69) is 5.32 Å². The molecular formula is C16H18N2O4S. The van der Waals surface area contributed by atoms with E-state index in [-0.39, 0.29) is 11.8 Å². The summed E-state index contributed by atoms with van der Waals surface area (Å²) in [6, 6.07) is 6.89. The number of amides is 2. The number of nitrogens with zero attached hydrogens (tertiary/aromatic N) is 1. The first kappa shape index (κ1) is 15.9. The van der Waals surface area contributed by atoms with Crippen LogP contribution in [0.1, 0.15) is 10.4 Å². The van der Waals surface area contributed by atoms with Crippen molar-refractivity contribution in [1.29, 1.82) is 0 Å². The minimum atomic E-state index is -0.274. The summed E-state index contributed by atoms with van der Waals surface area (Å²) in [4.78, 5) is 26.1. The molecule has 1 saturated heterocycles. The molecule has 2 aliphatic rings. The highest BCUT2D eigenvalue weighted by atomic mass is 32.2. The molecule has 3 rings (SSSR count). The number of hydrogen-bond donors (Lipinski definition) is 1. The van der Waals surface area contributed by atoms with Gasteiger partial charge in [0.25, 0.3) is 11.8 Å². The van der Waals surface area contributed by atoms with Crippen LogP contribution in [0.4, 0.5) is 5.69 Å². The van der Waals surface area contributed by atoms with E-state index in [4.69, 9.17) is 9.47 Å². The molecule has 0 saturated carbocycles. The van der Waals surface area contributed by atoms with Gasteiger partial charge in [-0.25, -0.2) is 0 Å². The van der Waals surface area contributed by atoms with Crippen LogP contribution in [0.25, 0.3) is 0 Å². The van der Waals surface area contributed by atoms with Crippen LogP contribution in [0, 0.1) is 0 Å². The third kappa shape index (κ3) is 4.05. The maximum atomic E-state index is 12.3. The van der Waals surface area contributed by atoms with E-state index in [1.807, 2.05) is 0 Å². The van der Waals surface area contributed by atoms with E-state index in [0.29, 0.717) is 49.9 Å². The molecule has 0 aliphatic carbocycles. The molecule has 1 N–H and O–H groups in total. The first-order valence-corrected chi connectivity index (χ1v) is 8.52. The fourth-order valence-electron chi connectivity index (χ4n) is 2.33. The van der Waals surface area contributed by atoms with Gasteiger partial charge in [0.15, 0.2) is 5.76 Å². The Balaban J connectivity index is 1.61. The molecular weight excluding hydrogens is 316 g/mol. The minimum absolute atomic E-state index is 0.0131. The number of thioether (sulfide) groups is 1. The van der Waals surface area contributed by atoms with Crippen molar-refractivity contribution in [1.82, 2.24) is 4.90 Å². The molecule has 1 aromatic rings. The summed E-state index contributed by atoms with van der Waals surface area (Å²) >= 11 is 1.56. The summed E-state index contributed by atoms with van der Waals surface area (Å²) in [6.07, 6.45) is 0. The Morgan fingerprint density at radius 3 is 2.48 bits per heavy atom. The molecule has 2 heterocycles. The van der Waals surface area contributed by atoms with Crippen molar-refractivity contribution >= 4 is 29.3 Å². The number of nitrogens with one attached hydrogen (secondary N) is 1. The first-order valence-electron chi connectivity index (χ1n) is 7.47. The lowest BCUT2D eigenvalue weighted by atomic mass is 10.1. The third-order valence-electron chi connectivity index (χ3n) is 3.56. The largest absolute Gasteiger partial charge is 0.487 e. The van der Waals surface area contributed by atoms with Crippen LogP contribution in [0.3, 0.4) is 0 Å². The van der Waals surface area contributed by atoms with Crippen molar-refractivity contribution < 1.29 is 19.1 Å². The molecule has 0 aromatic heterocycles. The van der Waals surface area contributed by atoms with Crippen LogP contribution in [-0.4, -0.2) is 55.4 Å². The number of morpholine rings is 1. The highest BCUT2D eigenvalue weighted by molar-refractivity contribution is 8.02. The van der Waals surface area contributed by atoms with Crippen LogP contribution in [0.5, 0.6) is 0 Å². The molecule has 0 unspecified atom stereocenters. The van der Waals surface area contributed by atoms with Gasteiger partial charge < -0.3 is 19.7 Å². The standard InChI is InChI=1S/C16H18N2O4S/c19-15(14-11-23-10-9-22-14)17-13-3-1-12(2-4-13)16(20)18-5-7-21-8-6-18/h1-4,11H,5-10H2,(H,17,19). The highest BCUT2D eigenvalue weighted by Gasteiger charge is 2.19. The Kier molecular flexibility index (Phi) is 5.19. The van der Waals surface area contributed by atoms with Crippen molar-refractivity contribution in [2.75, 3.05) is 44.0 Å². The predicted octanol–water partition coefficient (Wildman–Crippen LogP) is 1.70. The summed E-state index contributed by atoms with van der Waals surface area (Å²) in [5, 5.41) is 4.48. The number of benzene rings is 1. The quantitative estimate of drug-likeness (QED) is 0.911. The smallest absolute Gasteiger partial charge is 0.291 e. The van der Waals surface area contributed by atoms with E-state index in [0.717, 1.165) is 5.75 Å². The maximum absolute atomic E-state index is 12.3. The van der Waals surface area contributed by atoms with Crippen molar-refractivity contribution in [3.05, 3.63) is 41.0 Å². The van der Waals surface area contributed by atoms with Crippen LogP contribution in [-0.2, 0) is 14.3 Å². The number of carbonyl (C=O) groups excluding carboxylic acids is 2. The van der Waals surface area contributed by atoms with Crippen molar-refractivity contribution in [2.45, 2.75) is 0 Å². The average Bonchev–Trinajstić information content (AvgIpc) is 2.63. The van der Waals surface area contributed by atoms with E-state index in [9.17, 15) is 9.59 Å². The molecule has 0 bridgehead atoms. The van der Waals surface area contributed by atoms with E-state index in [1.54, 1.807) is 46.3 Å². The minimum Gasteiger partial charge on any atom is -0.487 e. The second-order valence-corrected chi connectivity index (χ2v) is 6.11. The Morgan fingerprint density at radius 1 is 1.09 bits per heavy atom. The number of anilines is 1. The number of carbonyl (C=O) groups is 2. The first-order chi connectivity index (χ1) is 11.2. The molecule has 0 spiro atoms. The van der Waals surface area contributed by atoms with Crippen molar-refractivity contribution in [2.24, 2.45) is 0 Å². The summed E-state index contributed by atoms with van der Waals surface area (Å²) in [5.74, 6) is 0.898. The Labute approximate surface area is 138 Å². The molecule has 0 atom stereocenters. The normalized spacial score (nSPS) is 17.9. The van der Waals surface area contributed by atoms with Crippen LogP contribution < -0.4 is 5.32 Å². The fraction of sp³-hybridized carbons (Fsp3) is 0.375. The lowest BCUT2D eigenvalue weighted by Gasteiger charge is -2.26. The van der Waals surface area contributed by atoms with Gasteiger partial charge in [0.1, 0.15) is 0 Å². The summed E-state index contributed by atoms with van der Waals surface area (Å²) in [6.45, 7) is 2.91. The maximum Gasteiger partial charge on any atom is 0.291 e. The summed E-state index contributed by atoms with van der Waals surface area (Å²) in [5.41, 5.74) is 1.24. The van der Waals surface area contributed by atoms with Crippen molar-refractivity contribution in [3.8, 4) is 0 Å². The summed E-state index contributed by atoms with van der Waals surface area (Å²) < 4.78 is 10.6. The second-order valence-electron chi connectivity index (χ2n) is 5.14. The van der Waals surface area contributed by atoms with Gasteiger partial charge in [0.2, 0.25) is 0 Å². The zero-order chi connectivity index (χ0) is 16.1. The molecule has 6 nitrogen and oxygen atoms in total. The third-order valence-corrected chi connectivity index (χ3v) is 4.34. The van der Waals surface area contributed by atoms with Crippen LogP contribution in [0.15, 0.2) is 35.4 Å². The van der Waals surface area contributed by atoms with E-state index in [1.165, 1.54) is 0 Å². The lowest BCUT2D eigenvalue weighted by Crippen LogP contribution is -2.40. The molecule has 23 heavy (non-hydrogen) atoms. The van der Waals surface area contributed by atoms with E-state index < -0.39 is 0 Å². The summed E-state index contributed by atoms with van der Waals surface area (Å²) in [7, 11) is 0. The second kappa shape index (κ2) is 7.52. The Hall–Kier alpha value is -1.99. The average molecular weight is 334 g/mol. The van der Waals surface area contributed by atoms with Crippen molar-refractivity contribution in [3.63, 3.8) is 0 Å². The number of hydrogen-bond acceptors (Lipinski definition) is 5. The molecule has 0 radical (unpaired) electrons. The van der Waals surface area contributed by atoms with Gasteiger partial charge in [-0.15, -0.1) is 11.8 Å². The molecule has 122 valence electrons. The highest BCUT2D eigenvalue weighted by Crippen LogP contribution is 2.18. The number of rotatable bonds is 3. The zero-order valence-corrected chi connectivity index (χ0v) is 13.4. The van der Waals surface area contributed by atoms with Gasteiger partial charge in [-0.1, -0.05) is 0 Å². The molecule has 2 aliphatic heterocycles. The van der Waals surface area contributed by atoms with Crippen LogP contribution >= 0.6 is 11.8 Å². The van der Waals surface area contributed by atoms with Crippen LogP contribution in [0.2, 0.25) is 0 Å². The van der Waals surface area contributed by atoms with E-state index >= 15 is 0 Å². The molecule has 2 amide bonds. The molecule has 7 heteroatoms. The molecule has 1 aromatic carbocycles. The zero-order valence-electron chi connectivity index (χ0n) is 12.6. The monoisotopic (exact) mass is 334 g/mol. The predicted molar refractivity (Wildman–Crippen MR) is 88.3 cm³/mol. The Morgan fingerprint density at radius 2 is 1.83 bits per heavy atom. The van der Waals surface area contributed by atoms with Gasteiger partial charge in [-0.3, -0.25) is 9.59 Å². The Bertz CT molecular complexity index is 609. The van der Waals surface area contributed by atoms with Gasteiger partial charge >= 0.3 is 0 Å². The van der Waals surface area contributed by atoms with Gasteiger partial charge in [0, 0.05) is 35.5 Å².